The molecule has 0 aliphatic rings. The predicted molar refractivity (Wildman–Crippen MR) is 91.6 cm³/mol. The lowest BCUT2D eigenvalue weighted by Crippen LogP contribution is -2.37. The Labute approximate surface area is 129 Å². The van der Waals surface area contributed by atoms with Crippen molar-refractivity contribution in [3.8, 4) is 0 Å². The highest BCUT2D eigenvalue weighted by molar-refractivity contribution is 5.79. The second kappa shape index (κ2) is 10.2. The molecule has 0 unspecified atom stereocenters. The van der Waals surface area contributed by atoms with Crippen LogP contribution in [0.5, 0.6) is 0 Å². The van der Waals surface area contributed by atoms with Gasteiger partial charge in [-0.2, -0.15) is 0 Å². The van der Waals surface area contributed by atoms with E-state index in [0.29, 0.717) is 0 Å². The number of unbranched alkanes of at least 4 members (excludes halogenated alkanes) is 2. The van der Waals surface area contributed by atoms with Crippen LogP contribution < -0.4 is 10.6 Å². The molecule has 0 atom stereocenters. The van der Waals surface area contributed by atoms with E-state index in [4.69, 9.17) is 0 Å². The molecule has 0 bridgehead atoms. The fourth-order valence-corrected chi connectivity index (χ4v) is 2.19. The van der Waals surface area contributed by atoms with Crippen LogP contribution in [0, 0.1) is 0 Å². The molecule has 2 N–H and O–H groups in total. The molecule has 0 saturated heterocycles. The molecule has 1 aromatic rings. The van der Waals surface area contributed by atoms with Crippen molar-refractivity contribution in [2.24, 2.45) is 4.99 Å². The van der Waals surface area contributed by atoms with Gasteiger partial charge in [-0.15, -0.1) is 0 Å². The second-order valence-electron chi connectivity index (χ2n) is 5.62. The van der Waals surface area contributed by atoms with E-state index in [9.17, 15) is 0 Å². The van der Waals surface area contributed by atoms with E-state index in [1.807, 2.05) is 7.05 Å². The van der Waals surface area contributed by atoms with Crippen molar-refractivity contribution < 1.29 is 0 Å². The smallest absolute Gasteiger partial charge is 0.191 e. The first kappa shape index (κ1) is 17.5. The summed E-state index contributed by atoms with van der Waals surface area (Å²) >= 11 is 0. The molecular formula is C17H30N4. The van der Waals surface area contributed by atoms with Gasteiger partial charge in [-0.05, 0) is 31.6 Å². The SMILES string of the molecule is CCCCCNC(=NC)NCc1cccc(CN(C)C)c1. The molecule has 0 spiro atoms. The van der Waals surface area contributed by atoms with Crippen molar-refractivity contribution in [2.75, 3.05) is 27.7 Å². The van der Waals surface area contributed by atoms with E-state index in [1.165, 1.54) is 30.4 Å². The van der Waals surface area contributed by atoms with Crippen molar-refractivity contribution >= 4 is 5.96 Å². The number of rotatable bonds is 8. The minimum atomic E-state index is 0.800. The van der Waals surface area contributed by atoms with Gasteiger partial charge in [0, 0.05) is 26.7 Å². The van der Waals surface area contributed by atoms with E-state index in [2.05, 4.69) is 65.8 Å². The molecule has 0 aromatic heterocycles. The summed E-state index contributed by atoms with van der Waals surface area (Å²) in [5.74, 6) is 0.879. The van der Waals surface area contributed by atoms with Gasteiger partial charge >= 0.3 is 0 Å². The lowest BCUT2D eigenvalue weighted by molar-refractivity contribution is 0.402. The van der Waals surface area contributed by atoms with Crippen LogP contribution in [0.4, 0.5) is 0 Å². The molecule has 0 fully saturated rings. The lowest BCUT2D eigenvalue weighted by Gasteiger charge is -2.13. The summed E-state index contributed by atoms with van der Waals surface area (Å²) in [7, 11) is 6.00. The van der Waals surface area contributed by atoms with E-state index in [-0.39, 0.29) is 0 Å². The molecule has 118 valence electrons. The summed E-state index contributed by atoms with van der Waals surface area (Å²) < 4.78 is 0. The van der Waals surface area contributed by atoms with Crippen LogP contribution in [-0.2, 0) is 13.1 Å². The molecular weight excluding hydrogens is 260 g/mol. The molecule has 1 aromatic carbocycles. The normalized spacial score (nSPS) is 11.8. The van der Waals surface area contributed by atoms with Gasteiger partial charge in [-0.25, -0.2) is 0 Å². The highest BCUT2D eigenvalue weighted by atomic mass is 15.2. The van der Waals surface area contributed by atoms with Gasteiger partial charge in [0.05, 0.1) is 0 Å². The van der Waals surface area contributed by atoms with Crippen LogP contribution in [0.2, 0.25) is 0 Å². The summed E-state index contributed by atoms with van der Waals surface area (Å²) in [5, 5.41) is 6.72. The number of guanidine groups is 1. The van der Waals surface area contributed by atoms with E-state index < -0.39 is 0 Å². The molecule has 0 aliphatic carbocycles. The number of hydrogen-bond acceptors (Lipinski definition) is 2. The van der Waals surface area contributed by atoms with E-state index in [0.717, 1.165) is 25.6 Å². The summed E-state index contributed by atoms with van der Waals surface area (Å²) in [6.07, 6.45) is 3.69. The minimum absolute atomic E-state index is 0.800. The fraction of sp³-hybridized carbons (Fsp3) is 0.588. The van der Waals surface area contributed by atoms with Crippen LogP contribution in [0.25, 0.3) is 0 Å². The van der Waals surface area contributed by atoms with E-state index in [1.54, 1.807) is 0 Å². The maximum atomic E-state index is 4.26. The third-order valence-electron chi connectivity index (χ3n) is 3.25. The average molecular weight is 290 g/mol. The fourth-order valence-electron chi connectivity index (χ4n) is 2.19. The maximum absolute atomic E-state index is 4.26. The van der Waals surface area contributed by atoms with Crippen LogP contribution in [0.3, 0.4) is 0 Å². The van der Waals surface area contributed by atoms with Gasteiger partial charge in [0.1, 0.15) is 0 Å². The first-order valence-corrected chi connectivity index (χ1v) is 7.82. The molecule has 0 heterocycles. The van der Waals surface area contributed by atoms with Crippen LogP contribution >= 0.6 is 0 Å². The number of aliphatic imine (C=N–C) groups is 1. The highest BCUT2D eigenvalue weighted by Gasteiger charge is 2.00. The lowest BCUT2D eigenvalue weighted by atomic mass is 10.1. The molecule has 0 aliphatic heterocycles. The maximum Gasteiger partial charge on any atom is 0.191 e. The van der Waals surface area contributed by atoms with Gasteiger partial charge in [-0.1, -0.05) is 44.0 Å². The van der Waals surface area contributed by atoms with Crippen molar-refractivity contribution in [1.82, 2.24) is 15.5 Å². The first-order chi connectivity index (χ1) is 10.2. The molecule has 21 heavy (non-hydrogen) atoms. The van der Waals surface area contributed by atoms with Gasteiger partial charge in [0.15, 0.2) is 5.96 Å². The van der Waals surface area contributed by atoms with Gasteiger partial charge < -0.3 is 15.5 Å². The van der Waals surface area contributed by atoms with Crippen molar-refractivity contribution in [3.63, 3.8) is 0 Å². The molecule has 1 rings (SSSR count). The summed E-state index contributed by atoms with van der Waals surface area (Å²) in [6, 6.07) is 8.68. The topological polar surface area (TPSA) is 39.7 Å². The minimum Gasteiger partial charge on any atom is -0.356 e. The number of nitrogens with zero attached hydrogens (tertiary/aromatic N) is 2. The third kappa shape index (κ3) is 7.71. The van der Waals surface area contributed by atoms with Crippen molar-refractivity contribution in [1.29, 1.82) is 0 Å². The number of nitrogens with one attached hydrogen (secondary N) is 2. The molecule has 4 heteroatoms. The summed E-state index contributed by atoms with van der Waals surface area (Å²) in [5.41, 5.74) is 2.62. The molecule has 0 radical (unpaired) electrons. The Bertz CT molecular complexity index is 427. The van der Waals surface area contributed by atoms with Gasteiger partial charge in [0.2, 0.25) is 0 Å². The predicted octanol–water partition coefficient (Wildman–Crippen LogP) is 2.60. The van der Waals surface area contributed by atoms with Crippen molar-refractivity contribution in [2.45, 2.75) is 39.3 Å². The quantitative estimate of drug-likeness (QED) is 0.439. The van der Waals surface area contributed by atoms with Crippen LogP contribution in [-0.4, -0.2) is 38.5 Å². The summed E-state index contributed by atoms with van der Waals surface area (Å²) in [6.45, 7) is 4.97. The average Bonchev–Trinajstić information content (AvgIpc) is 2.46. The Balaban J connectivity index is 2.42. The van der Waals surface area contributed by atoms with Gasteiger partial charge in [0.25, 0.3) is 0 Å². The molecule has 4 nitrogen and oxygen atoms in total. The Hall–Kier alpha value is -1.55. The second-order valence-corrected chi connectivity index (χ2v) is 5.62. The Kier molecular flexibility index (Phi) is 8.51. The zero-order chi connectivity index (χ0) is 15.5. The third-order valence-corrected chi connectivity index (χ3v) is 3.25. The monoisotopic (exact) mass is 290 g/mol. The van der Waals surface area contributed by atoms with Gasteiger partial charge in [-0.3, -0.25) is 4.99 Å². The number of benzene rings is 1. The molecule has 0 saturated carbocycles. The van der Waals surface area contributed by atoms with Crippen LogP contribution in [0.15, 0.2) is 29.3 Å². The van der Waals surface area contributed by atoms with E-state index >= 15 is 0 Å². The molecule has 0 amide bonds. The number of hydrogen-bond donors (Lipinski definition) is 2. The highest BCUT2D eigenvalue weighted by Crippen LogP contribution is 2.06. The standard InChI is InChI=1S/C17H30N4/c1-5-6-7-11-19-17(18-2)20-13-15-9-8-10-16(12-15)14-21(3)4/h8-10,12H,5-7,11,13-14H2,1-4H3,(H2,18,19,20). The Morgan fingerprint density at radius 2 is 1.90 bits per heavy atom. The first-order valence-electron chi connectivity index (χ1n) is 7.82. The van der Waals surface area contributed by atoms with Crippen LogP contribution in [0.1, 0.15) is 37.3 Å². The summed E-state index contributed by atoms with van der Waals surface area (Å²) in [4.78, 5) is 6.44. The Morgan fingerprint density at radius 3 is 2.57 bits per heavy atom. The largest absolute Gasteiger partial charge is 0.356 e. The Morgan fingerprint density at radius 1 is 1.14 bits per heavy atom. The zero-order valence-corrected chi connectivity index (χ0v) is 13.9. The zero-order valence-electron chi connectivity index (χ0n) is 13.9. The van der Waals surface area contributed by atoms with Crippen molar-refractivity contribution in [3.05, 3.63) is 35.4 Å².